The second-order valence-corrected chi connectivity index (χ2v) is 6.36. The Kier molecular flexibility index (Phi) is 3.52. The zero-order chi connectivity index (χ0) is 14.4. The standard InChI is InChI=1S/C10H9ClFNO5S/c11-9-7(10(15)16)1-6(2-8(9)12)19(17,18)13-3-5(14)4-13/h1-2,5,14H,3-4H2,(H,15,16). The number of aromatic carboxylic acids is 1. The molecular weight excluding hydrogens is 301 g/mol. The van der Waals surface area contributed by atoms with Crippen LogP contribution in [0.4, 0.5) is 4.39 Å². The molecule has 2 N–H and O–H groups in total. The summed E-state index contributed by atoms with van der Waals surface area (Å²) in [7, 11) is -4.02. The van der Waals surface area contributed by atoms with Crippen molar-refractivity contribution in [2.24, 2.45) is 0 Å². The van der Waals surface area contributed by atoms with E-state index in [1.807, 2.05) is 0 Å². The lowest BCUT2D eigenvalue weighted by Gasteiger charge is -2.34. The second kappa shape index (κ2) is 4.71. The second-order valence-electron chi connectivity index (χ2n) is 4.05. The largest absolute Gasteiger partial charge is 0.478 e. The fraction of sp³-hybridized carbons (Fsp3) is 0.300. The van der Waals surface area contributed by atoms with Crippen LogP contribution in [0.25, 0.3) is 0 Å². The van der Waals surface area contributed by atoms with Gasteiger partial charge >= 0.3 is 5.97 Å². The summed E-state index contributed by atoms with van der Waals surface area (Å²) in [5, 5.41) is 17.3. The molecule has 19 heavy (non-hydrogen) atoms. The van der Waals surface area contributed by atoms with Crippen LogP contribution in [0.3, 0.4) is 0 Å². The third kappa shape index (κ3) is 2.44. The van der Waals surface area contributed by atoms with E-state index in [9.17, 15) is 17.6 Å². The molecular formula is C10H9ClFNO5S. The minimum absolute atomic E-state index is 0.102. The third-order valence-electron chi connectivity index (χ3n) is 2.70. The molecule has 0 atom stereocenters. The summed E-state index contributed by atoms with van der Waals surface area (Å²) in [6.45, 7) is -0.204. The van der Waals surface area contributed by atoms with Gasteiger partial charge in [-0.25, -0.2) is 17.6 Å². The average Bonchev–Trinajstić information content (AvgIpc) is 2.27. The van der Waals surface area contributed by atoms with E-state index in [1.165, 1.54) is 0 Å². The molecule has 104 valence electrons. The van der Waals surface area contributed by atoms with Crippen LogP contribution < -0.4 is 0 Å². The van der Waals surface area contributed by atoms with Crippen LogP contribution in [0.5, 0.6) is 0 Å². The van der Waals surface area contributed by atoms with E-state index >= 15 is 0 Å². The zero-order valence-corrected chi connectivity index (χ0v) is 10.9. The number of carboxylic acids is 1. The highest BCUT2D eigenvalue weighted by Crippen LogP contribution is 2.28. The fourth-order valence-electron chi connectivity index (χ4n) is 1.63. The number of halogens is 2. The Morgan fingerprint density at radius 2 is 2.00 bits per heavy atom. The van der Waals surface area contributed by atoms with Gasteiger partial charge < -0.3 is 10.2 Å². The molecule has 0 spiro atoms. The highest BCUT2D eigenvalue weighted by molar-refractivity contribution is 7.89. The van der Waals surface area contributed by atoms with Crippen LogP contribution in [0.15, 0.2) is 17.0 Å². The summed E-state index contributed by atoms with van der Waals surface area (Å²) in [5.41, 5.74) is -0.624. The lowest BCUT2D eigenvalue weighted by molar-refractivity contribution is 0.0547. The predicted octanol–water partition coefficient (Wildman–Crippen LogP) is 0.542. The highest BCUT2D eigenvalue weighted by Gasteiger charge is 2.36. The highest BCUT2D eigenvalue weighted by atomic mass is 35.5. The molecule has 1 aliphatic rings. The van der Waals surface area contributed by atoms with Crippen molar-refractivity contribution in [2.45, 2.75) is 11.0 Å². The van der Waals surface area contributed by atoms with Crippen LogP contribution in [0.1, 0.15) is 10.4 Å². The van der Waals surface area contributed by atoms with E-state index in [1.54, 1.807) is 0 Å². The molecule has 1 aromatic rings. The Hall–Kier alpha value is -1.22. The van der Waals surface area contributed by atoms with E-state index in [0.717, 1.165) is 10.4 Å². The summed E-state index contributed by atoms with van der Waals surface area (Å²) < 4.78 is 38.4. The van der Waals surface area contributed by atoms with Crippen molar-refractivity contribution in [2.75, 3.05) is 13.1 Å². The molecule has 0 saturated carbocycles. The minimum Gasteiger partial charge on any atom is -0.478 e. The summed E-state index contributed by atoms with van der Waals surface area (Å²) in [5.74, 6) is -2.65. The van der Waals surface area contributed by atoms with Crippen LogP contribution in [0, 0.1) is 5.82 Å². The van der Waals surface area contributed by atoms with E-state index in [2.05, 4.69) is 0 Å². The van der Waals surface area contributed by atoms with Gasteiger partial charge in [0.05, 0.1) is 21.6 Å². The van der Waals surface area contributed by atoms with Gasteiger partial charge in [-0.15, -0.1) is 0 Å². The van der Waals surface area contributed by atoms with Crippen molar-refractivity contribution in [1.82, 2.24) is 4.31 Å². The van der Waals surface area contributed by atoms with E-state index < -0.39 is 43.4 Å². The van der Waals surface area contributed by atoms with Gasteiger partial charge in [0, 0.05) is 13.1 Å². The van der Waals surface area contributed by atoms with Crippen molar-refractivity contribution in [3.8, 4) is 0 Å². The number of sulfonamides is 1. The molecule has 1 heterocycles. The molecule has 0 bridgehead atoms. The van der Waals surface area contributed by atoms with Crippen LogP contribution in [-0.2, 0) is 10.0 Å². The van der Waals surface area contributed by atoms with Crippen LogP contribution in [-0.4, -0.2) is 48.1 Å². The zero-order valence-electron chi connectivity index (χ0n) is 9.38. The van der Waals surface area contributed by atoms with Gasteiger partial charge in [-0.2, -0.15) is 4.31 Å². The minimum atomic E-state index is -4.02. The summed E-state index contributed by atoms with van der Waals surface area (Å²) in [4.78, 5) is 10.4. The van der Waals surface area contributed by atoms with Crippen molar-refractivity contribution < 1.29 is 27.8 Å². The van der Waals surface area contributed by atoms with Gasteiger partial charge in [0.25, 0.3) is 0 Å². The van der Waals surface area contributed by atoms with E-state index in [4.69, 9.17) is 21.8 Å². The van der Waals surface area contributed by atoms with E-state index in [0.29, 0.717) is 6.07 Å². The topological polar surface area (TPSA) is 94.9 Å². The maximum Gasteiger partial charge on any atom is 0.337 e. The maximum absolute atomic E-state index is 13.5. The quantitative estimate of drug-likeness (QED) is 0.850. The smallest absolute Gasteiger partial charge is 0.337 e. The average molecular weight is 310 g/mol. The van der Waals surface area contributed by atoms with Crippen LogP contribution in [0.2, 0.25) is 5.02 Å². The fourth-order valence-corrected chi connectivity index (χ4v) is 3.37. The first-order chi connectivity index (χ1) is 8.73. The predicted molar refractivity (Wildman–Crippen MR) is 63.1 cm³/mol. The molecule has 0 radical (unpaired) electrons. The third-order valence-corrected chi connectivity index (χ3v) is 4.89. The molecule has 1 fully saturated rings. The number of aliphatic hydroxyl groups excluding tert-OH is 1. The number of carboxylic acid groups (broad SMARTS) is 1. The monoisotopic (exact) mass is 309 g/mol. The Morgan fingerprint density at radius 3 is 2.47 bits per heavy atom. The lowest BCUT2D eigenvalue weighted by atomic mass is 10.2. The molecule has 0 amide bonds. The normalized spacial score (nSPS) is 17.2. The molecule has 6 nitrogen and oxygen atoms in total. The van der Waals surface area contributed by atoms with Gasteiger partial charge in [0.2, 0.25) is 10.0 Å². The number of β-amino-alcohol motifs (C(OH)–C–C–N with tert-alkyl or cyclic N) is 1. The number of nitrogens with zero attached hydrogens (tertiary/aromatic N) is 1. The number of hydrogen-bond acceptors (Lipinski definition) is 4. The lowest BCUT2D eigenvalue weighted by Crippen LogP contribution is -2.53. The van der Waals surface area contributed by atoms with Crippen molar-refractivity contribution in [3.63, 3.8) is 0 Å². The molecule has 0 aromatic heterocycles. The van der Waals surface area contributed by atoms with E-state index in [-0.39, 0.29) is 13.1 Å². The molecule has 0 aliphatic carbocycles. The van der Waals surface area contributed by atoms with Crippen LogP contribution >= 0.6 is 11.6 Å². The molecule has 1 saturated heterocycles. The number of rotatable bonds is 3. The van der Waals surface area contributed by atoms with Gasteiger partial charge in [-0.05, 0) is 12.1 Å². The summed E-state index contributed by atoms with van der Waals surface area (Å²) in [6.07, 6.45) is -0.758. The first-order valence-electron chi connectivity index (χ1n) is 5.14. The number of benzene rings is 1. The summed E-state index contributed by atoms with van der Waals surface area (Å²) >= 11 is 5.46. The first-order valence-corrected chi connectivity index (χ1v) is 6.96. The maximum atomic E-state index is 13.5. The Bertz CT molecular complexity index is 642. The van der Waals surface area contributed by atoms with Gasteiger partial charge in [-0.3, -0.25) is 0 Å². The van der Waals surface area contributed by atoms with Crippen molar-refractivity contribution in [3.05, 3.63) is 28.5 Å². The molecule has 9 heteroatoms. The number of carbonyl (C=O) groups is 1. The number of aliphatic hydroxyl groups is 1. The number of hydrogen-bond donors (Lipinski definition) is 2. The molecule has 1 aromatic carbocycles. The SMILES string of the molecule is O=C(O)c1cc(S(=O)(=O)N2CC(O)C2)cc(F)c1Cl. The van der Waals surface area contributed by atoms with Crippen molar-refractivity contribution >= 4 is 27.6 Å². The summed E-state index contributed by atoms with van der Waals surface area (Å²) in [6, 6.07) is 1.46. The van der Waals surface area contributed by atoms with Crippen molar-refractivity contribution in [1.29, 1.82) is 0 Å². The molecule has 1 aliphatic heterocycles. The molecule has 0 unspecified atom stereocenters. The Labute approximate surface area is 113 Å². The van der Waals surface area contributed by atoms with Gasteiger partial charge in [0.15, 0.2) is 0 Å². The molecule has 2 rings (SSSR count). The van der Waals surface area contributed by atoms with Gasteiger partial charge in [-0.1, -0.05) is 11.6 Å². The Balaban J connectivity index is 2.49. The first kappa shape index (κ1) is 14.2. The van der Waals surface area contributed by atoms with Gasteiger partial charge in [0.1, 0.15) is 5.82 Å². The Morgan fingerprint density at radius 1 is 1.42 bits per heavy atom.